The summed E-state index contributed by atoms with van der Waals surface area (Å²) >= 11 is 10.9. The van der Waals surface area contributed by atoms with Gasteiger partial charge in [0.1, 0.15) is 5.60 Å². The molecule has 0 aromatic rings. The molecule has 0 saturated carbocycles. The summed E-state index contributed by atoms with van der Waals surface area (Å²) in [5.41, 5.74) is -0.399. The fraction of sp³-hybridized carbons (Fsp3) is 0.889. The normalized spacial score (nSPS) is 28.8. The number of sulfone groups is 1. The summed E-state index contributed by atoms with van der Waals surface area (Å²) in [6.45, 7) is 5.60. The summed E-state index contributed by atoms with van der Waals surface area (Å²) in [4.78, 5) is 0. The highest BCUT2D eigenvalue weighted by Gasteiger charge is 2.37. The standard InChI is InChI=1S/C9H16ClNO3S2/c1-9(2,3)14-8(15)11-7-5-16(12,13)4-6(7)10/h6-7H,4-5H2,1-3H3,(H,11,15)/t6-,7-/m1/s1. The molecule has 7 heteroatoms. The minimum absolute atomic E-state index is 0.00874. The number of hydrogen-bond acceptors (Lipinski definition) is 4. The van der Waals surface area contributed by atoms with E-state index < -0.39 is 20.8 Å². The maximum Gasteiger partial charge on any atom is 0.257 e. The zero-order valence-electron chi connectivity index (χ0n) is 9.49. The van der Waals surface area contributed by atoms with Crippen LogP contribution in [0.1, 0.15) is 20.8 Å². The second-order valence-corrected chi connectivity index (χ2v) is 7.93. The van der Waals surface area contributed by atoms with Crippen LogP contribution >= 0.6 is 23.8 Å². The molecule has 0 bridgehead atoms. The summed E-state index contributed by atoms with van der Waals surface area (Å²) in [6.07, 6.45) is 0. The van der Waals surface area contributed by atoms with Gasteiger partial charge in [0.2, 0.25) is 0 Å². The third-order valence-corrected chi connectivity index (χ3v) is 4.56. The Morgan fingerprint density at radius 1 is 1.44 bits per heavy atom. The van der Waals surface area contributed by atoms with Crippen molar-refractivity contribution in [2.45, 2.75) is 37.8 Å². The Bertz CT molecular complexity index is 375. The van der Waals surface area contributed by atoms with Crippen LogP contribution < -0.4 is 5.32 Å². The Kier molecular flexibility index (Phi) is 4.08. The lowest BCUT2D eigenvalue weighted by atomic mass is 10.2. The summed E-state index contributed by atoms with van der Waals surface area (Å²) in [5, 5.41) is 2.58. The third kappa shape index (κ3) is 4.43. The van der Waals surface area contributed by atoms with E-state index in [-0.39, 0.29) is 22.7 Å². The van der Waals surface area contributed by atoms with Gasteiger partial charge in [-0.25, -0.2) is 8.42 Å². The topological polar surface area (TPSA) is 55.4 Å². The molecule has 1 N–H and O–H groups in total. The van der Waals surface area contributed by atoms with Crippen molar-refractivity contribution in [1.29, 1.82) is 0 Å². The van der Waals surface area contributed by atoms with Gasteiger partial charge in [-0.1, -0.05) is 0 Å². The van der Waals surface area contributed by atoms with Crippen LogP contribution in [0.25, 0.3) is 0 Å². The van der Waals surface area contributed by atoms with Crippen molar-refractivity contribution < 1.29 is 13.2 Å². The van der Waals surface area contributed by atoms with E-state index in [0.29, 0.717) is 0 Å². The van der Waals surface area contributed by atoms with Gasteiger partial charge in [-0.2, -0.15) is 0 Å². The minimum Gasteiger partial charge on any atom is -0.465 e. The Morgan fingerprint density at radius 2 is 2.00 bits per heavy atom. The Hall–Kier alpha value is -0.0700. The van der Waals surface area contributed by atoms with E-state index in [1.54, 1.807) is 0 Å². The predicted molar refractivity (Wildman–Crippen MR) is 68.7 cm³/mol. The lowest BCUT2D eigenvalue weighted by Gasteiger charge is -2.24. The molecule has 0 unspecified atom stereocenters. The molecule has 94 valence electrons. The highest BCUT2D eigenvalue weighted by Crippen LogP contribution is 2.18. The van der Waals surface area contributed by atoms with Gasteiger partial charge in [-0.05, 0) is 33.0 Å². The van der Waals surface area contributed by atoms with E-state index in [9.17, 15) is 8.42 Å². The number of ether oxygens (including phenoxy) is 1. The van der Waals surface area contributed by atoms with Crippen LogP contribution in [-0.4, -0.2) is 42.1 Å². The number of nitrogens with one attached hydrogen (secondary N) is 1. The van der Waals surface area contributed by atoms with Crippen LogP contribution in [0.15, 0.2) is 0 Å². The highest BCUT2D eigenvalue weighted by molar-refractivity contribution is 7.91. The molecule has 16 heavy (non-hydrogen) atoms. The number of rotatable bonds is 1. The number of thiocarbonyl (C=S) groups is 1. The van der Waals surface area contributed by atoms with Gasteiger partial charge in [-0.3, -0.25) is 0 Å². The molecular formula is C9H16ClNO3S2. The molecule has 0 aromatic heterocycles. The van der Waals surface area contributed by atoms with Gasteiger partial charge < -0.3 is 10.1 Å². The summed E-state index contributed by atoms with van der Waals surface area (Å²) in [6, 6.07) is -0.360. The maximum atomic E-state index is 11.3. The van der Waals surface area contributed by atoms with Crippen LogP contribution in [-0.2, 0) is 14.6 Å². The van der Waals surface area contributed by atoms with Crippen LogP contribution in [0.5, 0.6) is 0 Å². The summed E-state index contributed by atoms with van der Waals surface area (Å²) < 4.78 is 28.0. The van der Waals surface area contributed by atoms with E-state index in [1.165, 1.54) is 0 Å². The largest absolute Gasteiger partial charge is 0.465 e. The molecule has 1 heterocycles. The molecular weight excluding hydrogens is 270 g/mol. The molecule has 1 saturated heterocycles. The number of hydrogen-bond donors (Lipinski definition) is 1. The first-order valence-electron chi connectivity index (χ1n) is 4.93. The van der Waals surface area contributed by atoms with E-state index in [4.69, 9.17) is 28.6 Å². The molecule has 1 aliphatic heterocycles. The van der Waals surface area contributed by atoms with Crippen LogP contribution in [0.4, 0.5) is 0 Å². The van der Waals surface area contributed by atoms with Crippen LogP contribution in [0.3, 0.4) is 0 Å². The smallest absolute Gasteiger partial charge is 0.257 e. The quantitative estimate of drug-likeness (QED) is 0.577. The molecule has 0 radical (unpaired) electrons. The Balaban J connectivity index is 2.53. The fourth-order valence-corrected chi connectivity index (χ4v) is 4.35. The van der Waals surface area contributed by atoms with Gasteiger partial charge in [-0.15, -0.1) is 11.6 Å². The second kappa shape index (κ2) is 4.66. The molecule has 0 spiro atoms. The van der Waals surface area contributed by atoms with E-state index >= 15 is 0 Å². The van der Waals surface area contributed by atoms with Crippen LogP contribution in [0, 0.1) is 0 Å². The van der Waals surface area contributed by atoms with Gasteiger partial charge in [0.05, 0.1) is 22.9 Å². The first kappa shape index (κ1) is 14.0. The molecule has 1 rings (SSSR count). The van der Waals surface area contributed by atoms with Crippen molar-refractivity contribution in [3.8, 4) is 0 Å². The van der Waals surface area contributed by atoms with Gasteiger partial charge in [0.15, 0.2) is 9.84 Å². The molecule has 0 amide bonds. The van der Waals surface area contributed by atoms with Crippen molar-refractivity contribution >= 4 is 38.8 Å². The van der Waals surface area contributed by atoms with Crippen molar-refractivity contribution in [1.82, 2.24) is 5.32 Å². The Morgan fingerprint density at radius 3 is 2.38 bits per heavy atom. The fourth-order valence-electron chi connectivity index (χ4n) is 1.40. The average Bonchev–Trinajstić information content (AvgIpc) is 2.19. The molecule has 4 nitrogen and oxygen atoms in total. The zero-order valence-corrected chi connectivity index (χ0v) is 11.9. The highest BCUT2D eigenvalue weighted by atomic mass is 35.5. The first-order chi connectivity index (χ1) is 7.09. The molecule has 0 aromatic carbocycles. The molecule has 1 fully saturated rings. The van der Waals surface area contributed by atoms with Gasteiger partial charge in [0, 0.05) is 0 Å². The summed E-state index contributed by atoms with van der Waals surface area (Å²) in [7, 11) is -3.04. The predicted octanol–water partition coefficient (Wildman–Crippen LogP) is 1.08. The van der Waals surface area contributed by atoms with Gasteiger partial charge in [0.25, 0.3) is 5.17 Å². The van der Waals surface area contributed by atoms with E-state index in [0.717, 1.165) is 0 Å². The molecule has 0 aliphatic carbocycles. The molecule has 2 atom stereocenters. The second-order valence-electron chi connectivity index (χ2n) is 4.85. The lowest BCUT2D eigenvalue weighted by Crippen LogP contribution is -2.43. The van der Waals surface area contributed by atoms with Crippen molar-refractivity contribution in [3.63, 3.8) is 0 Å². The van der Waals surface area contributed by atoms with E-state index in [1.807, 2.05) is 20.8 Å². The number of halogens is 1. The van der Waals surface area contributed by atoms with Crippen molar-refractivity contribution in [3.05, 3.63) is 0 Å². The minimum atomic E-state index is -3.04. The lowest BCUT2D eigenvalue weighted by molar-refractivity contribution is 0.113. The number of alkyl halides is 1. The first-order valence-corrected chi connectivity index (χ1v) is 7.60. The molecule has 1 aliphatic rings. The SMILES string of the molecule is CC(C)(C)OC(=S)N[C@@H]1CS(=O)(=O)C[C@H]1Cl. The zero-order chi connectivity index (χ0) is 12.6. The summed E-state index contributed by atoms with van der Waals surface area (Å²) in [5.74, 6) is -0.000830. The van der Waals surface area contributed by atoms with E-state index in [2.05, 4.69) is 5.32 Å². The third-order valence-electron chi connectivity index (χ3n) is 1.99. The van der Waals surface area contributed by atoms with Crippen LogP contribution in [0.2, 0.25) is 0 Å². The maximum absolute atomic E-state index is 11.3. The van der Waals surface area contributed by atoms with Crippen molar-refractivity contribution in [2.24, 2.45) is 0 Å². The van der Waals surface area contributed by atoms with Gasteiger partial charge >= 0.3 is 0 Å². The monoisotopic (exact) mass is 285 g/mol. The average molecular weight is 286 g/mol. The van der Waals surface area contributed by atoms with Crippen molar-refractivity contribution in [2.75, 3.05) is 11.5 Å². The Labute approximate surface area is 107 Å².